The van der Waals surface area contributed by atoms with Gasteiger partial charge in [0.25, 0.3) is 0 Å². The summed E-state index contributed by atoms with van der Waals surface area (Å²) >= 11 is 3.44. The van der Waals surface area contributed by atoms with Crippen molar-refractivity contribution >= 4 is 27.0 Å². The lowest BCUT2D eigenvalue weighted by Gasteiger charge is -2.15. The predicted octanol–water partition coefficient (Wildman–Crippen LogP) is 3.37. The molecule has 86 valence electrons. The lowest BCUT2D eigenvalue weighted by molar-refractivity contribution is 0.442. The number of imidazole rings is 1. The van der Waals surface area contributed by atoms with Crippen LogP contribution in [0.5, 0.6) is 0 Å². The second-order valence-corrected chi connectivity index (χ2v) is 5.11. The number of benzene rings is 1. The first-order chi connectivity index (χ1) is 7.61. The van der Waals surface area contributed by atoms with Crippen LogP contribution in [0.4, 0.5) is 0 Å². The number of nitrogens with one attached hydrogen (secondary N) is 1. The van der Waals surface area contributed by atoms with E-state index in [0.717, 1.165) is 27.8 Å². The lowest BCUT2D eigenvalue weighted by atomic mass is 10.00. The SMILES string of the molecule is CC[C@H](C)[C@H](N)c1nc2ccc(Br)cc2[nH]1. The molecule has 3 nitrogen and oxygen atoms in total. The van der Waals surface area contributed by atoms with Crippen molar-refractivity contribution in [3.63, 3.8) is 0 Å². The normalized spacial score (nSPS) is 15.2. The highest BCUT2D eigenvalue weighted by molar-refractivity contribution is 9.10. The number of nitrogens with two attached hydrogens (primary N) is 1. The molecule has 1 heterocycles. The van der Waals surface area contributed by atoms with Crippen LogP contribution in [0.1, 0.15) is 32.1 Å². The van der Waals surface area contributed by atoms with Gasteiger partial charge in [-0.2, -0.15) is 0 Å². The Hall–Kier alpha value is -0.870. The van der Waals surface area contributed by atoms with Crippen molar-refractivity contribution < 1.29 is 0 Å². The van der Waals surface area contributed by atoms with E-state index in [0.29, 0.717) is 5.92 Å². The van der Waals surface area contributed by atoms with Crippen LogP contribution in [0.15, 0.2) is 22.7 Å². The second kappa shape index (κ2) is 4.55. The molecule has 2 atom stereocenters. The van der Waals surface area contributed by atoms with E-state index in [1.165, 1.54) is 0 Å². The van der Waals surface area contributed by atoms with Crippen molar-refractivity contribution in [2.24, 2.45) is 11.7 Å². The number of hydrogen-bond acceptors (Lipinski definition) is 2. The summed E-state index contributed by atoms with van der Waals surface area (Å²) in [5.74, 6) is 1.31. The van der Waals surface area contributed by atoms with E-state index in [1.54, 1.807) is 0 Å². The molecule has 0 fully saturated rings. The second-order valence-electron chi connectivity index (χ2n) is 4.19. The fourth-order valence-corrected chi connectivity index (χ4v) is 2.04. The van der Waals surface area contributed by atoms with Crippen LogP contribution in [-0.4, -0.2) is 9.97 Å². The summed E-state index contributed by atoms with van der Waals surface area (Å²) in [6, 6.07) is 5.98. The molecule has 4 heteroatoms. The highest BCUT2D eigenvalue weighted by Crippen LogP contribution is 2.23. The molecular weight excluding hydrogens is 266 g/mol. The molecule has 0 saturated heterocycles. The Labute approximate surface area is 104 Å². The maximum Gasteiger partial charge on any atom is 0.124 e. The highest BCUT2D eigenvalue weighted by atomic mass is 79.9. The lowest BCUT2D eigenvalue weighted by Crippen LogP contribution is -2.19. The molecule has 3 N–H and O–H groups in total. The zero-order chi connectivity index (χ0) is 11.7. The van der Waals surface area contributed by atoms with Crippen molar-refractivity contribution in [2.45, 2.75) is 26.3 Å². The fraction of sp³-hybridized carbons (Fsp3) is 0.417. The summed E-state index contributed by atoms with van der Waals surface area (Å²) < 4.78 is 1.05. The molecule has 0 aliphatic carbocycles. The maximum absolute atomic E-state index is 6.15. The Kier molecular flexibility index (Phi) is 3.30. The van der Waals surface area contributed by atoms with Crippen LogP contribution in [0.2, 0.25) is 0 Å². The number of nitrogens with zero attached hydrogens (tertiary/aromatic N) is 1. The smallest absolute Gasteiger partial charge is 0.124 e. The van der Waals surface area contributed by atoms with Gasteiger partial charge in [0.15, 0.2) is 0 Å². The van der Waals surface area contributed by atoms with Gasteiger partial charge in [-0.3, -0.25) is 0 Å². The van der Waals surface area contributed by atoms with Crippen molar-refractivity contribution in [1.29, 1.82) is 0 Å². The Bertz CT molecular complexity index is 492. The largest absolute Gasteiger partial charge is 0.341 e. The number of halogens is 1. The summed E-state index contributed by atoms with van der Waals surface area (Å²) in [6.45, 7) is 4.29. The van der Waals surface area contributed by atoms with Crippen molar-refractivity contribution in [2.75, 3.05) is 0 Å². The Morgan fingerprint density at radius 1 is 1.50 bits per heavy atom. The van der Waals surface area contributed by atoms with E-state index in [9.17, 15) is 0 Å². The molecule has 0 amide bonds. The number of rotatable bonds is 3. The number of aromatic nitrogens is 2. The molecule has 2 aromatic rings. The first-order valence-electron chi connectivity index (χ1n) is 5.52. The average Bonchev–Trinajstić information content (AvgIpc) is 2.69. The van der Waals surface area contributed by atoms with Gasteiger partial charge in [0.2, 0.25) is 0 Å². The fourth-order valence-electron chi connectivity index (χ4n) is 1.68. The van der Waals surface area contributed by atoms with Crippen molar-refractivity contribution in [1.82, 2.24) is 9.97 Å². The van der Waals surface area contributed by atoms with Crippen LogP contribution >= 0.6 is 15.9 Å². The Morgan fingerprint density at radius 2 is 2.25 bits per heavy atom. The molecule has 0 radical (unpaired) electrons. The van der Waals surface area contributed by atoms with E-state index in [4.69, 9.17) is 5.73 Å². The average molecular weight is 282 g/mol. The minimum absolute atomic E-state index is 0.0174. The first-order valence-corrected chi connectivity index (χ1v) is 6.32. The highest BCUT2D eigenvalue weighted by Gasteiger charge is 2.16. The molecule has 0 unspecified atom stereocenters. The molecule has 0 aliphatic rings. The maximum atomic E-state index is 6.15. The first kappa shape index (κ1) is 11.6. The van der Waals surface area contributed by atoms with Crippen LogP contribution in [0, 0.1) is 5.92 Å². The molecule has 1 aromatic heterocycles. The van der Waals surface area contributed by atoms with E-state index in [-0.39, 0.29) is 6.04 Å². The molecule has 0 aliphatic heterocycles. The predicted molar refractivity (Wildman–Crippen MR) is 70.2 cm³/mol. The van der Waals surface area contributed by atoms with Gasteiger partial charge in [-0.15, -0.1) is 0 Å². The van der Waals surface area contributed by atoms with Gasteiger partial charge in [-0.25, -0.2) is 4.98 Å². The number of hydrogen-bond donors (Lipinski definition) is 2. The molecule has 0 spiro atoms. The third-order valence-electron chi connectivity index (χ3n) is 3.03. The number of H-pyrrole nitrogens is 1. The minimum Gasteiger partial charge on any atom is -0.341 e. The molecule has 1 aromatic carbocycles. The molecule has 0 bridgehead atoms. The van der Waals surface area contributed by atoms with Crippen LogP contribution < -0.4 is 5.73 Å². The zero-order valence-corrected chi connectivity index (χ0v) is 11.1. The van der Waals surface area contributed by atoms with Gasteiger partial charge in [0.05, 0.1) is 17.1 Å². The topological polar surface area (TPSA) is 54.7 Å². The molecular formula is C12H16BrN3. The van der Waals surface area contributed by atoms with Crippen LogP contribution in [0.3, 0.4) is 0 Å². The summed E-state index contributed by atoms with van der Waals surface area (Å²) in [5.41, 5.74) is 8.15. The molecule has 2 rings (SSSR count). The number of aromatic amines is 1. The van der Waals surface area contributed by atoms with E-state index < -0.39 is 0 Å². The third kappa shape index (κ3) is 2.13. The minimum atomic E-state index is -0.0174. The van der Waals surface area contributed by atoms with Gasteiger partial charge < -0.3 is 10.7 Å². The molecule has 16 heavy (non-hydrogen) atoms. The monoisotopic (exact) mass is 281 g/mol. The third-order valence-corrected chi connectivity index (χ3v) is 3.53. The summed E-state index contributed by atoms with van der Waals surface area (Å²) in [4.78, 5) is 7.81. The quantitative estimate of drug-likeness (QED) is 0.906. The van der Waals surface area contributed by atoms with Gasteiger partial charge >= 0.3 is 0 Å². The standard InChI is InChI=1S/C12H16BrN3/c1-3-7(2)11(14)12-15-9-5-4-8(13)6-10(9)16-12/h4-7,11H,3,14H2,1-2H3,(H,15,16)/t7-,11-/m0/s1. The summed E-state index contributed by atoms with van der Waals surface area (Å²) in [6.07, 6.45) is 1.06. The van der Waals surface area contributed by atoms with Gasteiger partial charge in [-0.05, 0) is 24.1 Å². The number of fused-ring (bicyclic) bond motifs is 1. The van der Waals surface area contributed by atoms with Crippen LogP contribution in [-0.2, 0) is 0 Å². The van der Waals surface area contributed by atoms with Gasteiger partial charge in [0, 0.05) is 4.47 Å². The van der Waals surface area contributed by atoms with Crippen LogP contribution in [0.25, 0.3) is 11.0 Å². The van der Waals surface area contributed by atoms with Gasteiger partial charge in [-0.1, -0.05) is 36.2 Å². The molecule has 0 saturated carbocycles. The van der Waals surface area contributed by atoms with E-state index in [1.807, 2.05) is 18.2 Å². The zero-order valence-electron chi connectivity index (χ0n) is 9.50. The Morgan fingerprint density at radius 3 is 2.94 bits per heavy atom. The van der Waals surface area contributed by atoms with E-state index in [2.05, 4.69) is 39.7 Å². The van der Waals surface area contributed by atoms with Gasteiger partial charge in [0.1, 0.15) is 5.82 Å². The van der Waals surface area contributed by atoms with Crippen molar-refractivity contribution in [3.05, 3.63) is 28.5 Å². The summed E-state index contributed by atoms with van der Waals surface area (Å²) in [7, 11) is 0. The Balaban J connectivity index is 2.39. The van der Waals surface area contributed by atoms with Crippen molar-refractivity contribution in [3.8, 4) is 0 Å². The van der Waals surface area contributed by atoms with E-state index >= 15 is 0 Å². The summed E-state index contributed by atoms with van der Waals surface area (Å²) in [5, 5.41) is 0.